The number of nitro benzene ring substituents is 1. The standard InChI is InChI=1S/C26H25N5O4/c1-29(2)14-15-30(17-32)20-10-8-19(9-11-20)27-25(18-6-4-3-5-7-18)24-22-16-21(31(34)35)12-13-23(22)28-26(24)33/h3-13,16-17,27H,14-15H2,1-2H3,(H,28,33). The number of benzene rings is 3. The van der Waals surface area contributed by atoms with Gasteiger partial charge < -0.3 is 20.4 Å². The van der Waals surface area contributed by atoms with Gasteiger partial charge >= 0.3 is 0 Å². The van der Waals surface area contributed by atoms with Gasteiger partial charge in [0.05, 0.1) is 16.2 Å². The van der Waals surface area contributed by atoms with E-state index in [9.17, 15) is 19.7 Å². The molecule has 0 aromatic heterocycles. The molecule has 0 unspecified atom stereocenters. The molecule has 0 aliphatic carbocycles. The van der Waals surface area contributed by atoms with Crippen molar-refractivity contribution in [1.29, 1.82) is 0 Å². The first-order valence-corrected chi connectivity index (χ1v) is 11.0. The lowest BCUT2D eigenvalue weighted by molar-refractivity contribution is -0.384. The van der Waals surface area contributed by atoms with E-state index in [0.29, 0.717) is 34.8 Å². The Balaban J connectivity index is 1.73. The molecule has 1 heterocycles. The zero-order chi connectivity index (χ0) is 24.9. The highest BCUT2D eigenvalue weighted by atomic mass is 16.6. The second kappa shape index (κ2) is 10.2. The van der Waals surface area contributed by atoms with Gasteiger partial charge in [0.15, 0.2) is 0 Å². The number of carbonyl (C=O) groups is 2. The van der Waals surface area contributed by atoms with E-state index >= 15 is 0 Å². The number of nitrogens with zero attached hydrogens (tertiary/aromatic N) is 3. The SMILES string of the molecule is CN(C)CCN(C=O)c1ccc(NC(=C2C(=O)Nc3ccc([N+](=O)[O-])cc32)c2ccccc2)cc1. The lowest BCUT2D eigenvalue weighted by atomic mass is 9.99. The van der Waals surface area contributed by atoms with Crippen molar-refractivity contribution in [2.75, 3.05) is 42.7 Å². The summed E-state index contributed by atoms with van der Waals surface area (Å²) in [7, 11) is 3.89. The summed E-state index contributed by atoms with van der Waals surface area (Å²) in [6.45, 7) is 1.28. The summed E-state index contributed by atoms with van der Waals surface area (Å²) in [6.07, 6.45) is 0.802. The average Bonchev–Trinajstić information content (AvgIpc) is 3.18. The van der Waals surface area contributed by atoms with Crippen LogP contribution in [0.25, 0.3) is 11.3 Å². The third kappa shape index (κ3) is 5.20. The van der Waals surface area contributed by atoms with Crippen molar-refractivity contribution >= 4 is 46.3 Å². The molecule has 0 bridgehead atoms. The van der Waals surface area contributed by atoms with Gasteiger partial charge in [0.1, 0.15) is 0 Å². The number of non-ortho nitro benzene ring substituents is 1. The molecular formula is C26H25N5O4. The number of rotatable bonds is 9. The van der Waals surface area contributed by atoms with Gasteiger partial charge in [0.25, 0.3) is 11.6 Å². The molecule has 2 N–H and O–H groups in total. The molecule has 4 rings (SSSR count). The second-order valence-corrected chi connectivity index (χ2v) is 8.33. The van der Waals surface area contributed by atoms with Crippen LogP contribution in [0.3, 0.4) is 0 Å². The fourth-order valence-corrected chi connectivity index (χ4v) is 3.83. The summed E-state index contributed by atoms with van der Waals surface area (Å²) >= 11 is 0. The van der Waals surface area contributed by atoms with Gasteiger partial charge in [-0.3, -0.25) is 19.7 Å². The van der Waals surface area contributed by atoms with Crippen molar-refractivity contribution < 1.29 is 14.5 Å². The molecular weight excluding hydrogens is 446 g/mol. The number of nitro groups is 1. The molecule has 1 aliphatic heterocycles. The molecule has 3 aromatic rings. The molecule has 1 aliphatic rings. The van der Waals surface area contributed by atoms with E-state index in [1.165, 1.54) is 18.2 Å². The van der Waals surface area contributed by atoms with E-state index < -0.39 is 4.92 Å². The summed E-state index contributed by atoms with van der Waals surface area (Å²) in [4.78, 5) is 39.1. The maximum atomic E-state index is 13.0. The van der Waals surface area contributed by atoms with E-state index in [2.05, 4.69) is 10.6 Å². The molecule has 9 heteroatoms. The molecule has 2 amide bonds. The molecule has 0 saturated carbocycles. The van der Waals surface area contributed by atoms with Crippen LogP contribution in [-0.2, 0) is 9.59 Å². The molecule has 178 valence electrons. The number of carbonyl (C=O) groups excluding carboxylic acids is 2. The van der Waals surface area contributed by atoms with E-state index in [0.717, 1.165) is 24.2 Å². The van der Waals surface area contributed by atoms with Gasteiger partial charge in [0, 0.05) is 47.8 Å². The van der Waals surface area contributed by atoms with Crippen LogP contribution in [0.5, 0.6) is 0 Å². The lowest BCUT2D eigenvalue weighted by Gasteiger charge is -2.20. The van der Waals surface area contributed by atoms with Crippen LogP contribution in [0.15, 0.2) is 72.8 Å². The Morgan fingerprint density at radius 1 is 1.03 bits per heavy atom. The largest absolute Gasteiger partial charge is 0.354 e. The van der Waals surface area contributed by atoms with Crippen molar-refractivity contribution in [2.45, 2.75) is 0 Å². The molecule has 35 heavy (non-hydrogen) atoms. The van der Waals surface area contributed by atoms with Crippen molar-refractivity contribution in [3.63, 3.8) is 0 Å². The molecule has 9 nitrogen and oxygen atoms in total. The quantitative estimate of drug-likeness (QED) is 0.211. The minimum Gasteiger partial charge on any atom is -0.354 e. The average molecular weight is 472 g/mol. The highest BCUT2D eigenvalue weighted by Gasteiger charge is 2.30. The van der Waals surface area contributed by atoms with Crippen molar-refractivity contribution in [3.8, 4) is 0 Å². The Morgan fingerprint density at radius 3 is 2.37 bits per heavy atom. The first kappa shape index (κ1) is 23.7. The topological polar surface area (TPSA) is 108 Å². The number of amides is 2. The van der Waals surface area contributed by atoms with Crippen molar-refractivity contribution in [1.82, 2.24) is 4.90 Å². The van der Waals surface area contributed by atoms with Gasteiger partial charge in [-0.1, -0.05) is 30.3 Å². The second-order valence-electron chi connectivity index (χ2n) is 8.33. The van der Waals surface area contributed by atoms with Crippen LogP contribution in [0.2, 0.25) is 0 Å². The first-order chi connectivity index (χ1) is 16.9. The number of hydrogen-bond acceptors (Lipinski definition) is 6. The van der Waals surface area contributed by atoms with Crippen LogP contribution in [0, 0.1) is 10.1 Å². The number of likely N-dealkylation sites (N-methyl/N-ethyl adjacent to an activating group) is 1. The van der Waals surface area contributed by atoms with Gasteiger partial charge in [-0.05, 0) is 50.0 Å². The number of fused-ring (bicyclic) bond motifs is 1. The Bertz CT molecular complexity index is 1290. The zero-order valence-corrected chi connectivity index (χ0v) is 19.4. The minimum atomic E-state index is -0.482. The predicted molar refractivity (Wildman–Crippen MR) is 137 cm³/mol. The molecule has 0 fully saturated rings. The first-order valence-electron chi connectivity index (χ1n) is 11.0. The Morgan fingerprint density at radius 2 is 1.74 bits per heavy atom. The van der Waals surface area contributed by atoms with Crippen LogP contribution in [0.1, 0.15) is 11.1 Å². The van der Waals surface area contributed by atoms with Crippen LogP contribution < -0.4 is 15.5 Å². The van der Waals surface area contributed by atoms with Crippen LogP contribution in [0.4, 0.5) is 22.7 Å². The number of nitrogens with one attached hydrogen (secondary N) is 2. The van der Waals surface area contributed by atoms with E-state index in [4.69, 9.17) is 0 Å². The monoisotopic (exact) mass is 471 g/mol. The van der Waals surface area contributed by atoms with E-state index in [-0.39, 0.29) is 11.6 Å². The van der Waals surface area contributed by atoms with Crippen molar-refractivity contribution in [3.05, 3.63) is 94.0 Å². The number of anilines is 3. The van der Waals surface area contributed by atoms with Crippen molar-refractivity contribution in [2.24, 2.45) is 0 Å². The normalized spacial score (nSPS) is 13.7. The highest BCUT2D eigenvalue weighted by Crippen LogP contribution is 2.39. The molecule has 0 radical (unpaired) electrons. The summed E-state index contributed by atoms with van der Waals surface area (Å²) in [5.74, 6) is -0.348. The van der Waals surface area contributed by atoms with Crippen LogP contribution >= 0.6 is 0 Å². The lowest BCUT2D eigenvalue weighted by Crippen LogP contribution is -2.30. The fourth-order valence-electron chi connectivity index (χ4n) is 3.83. The Hall–Kier alpha value is -4.50. The van der Waals surface area contributed by atoms with Gasteiger partial charge in [-0.25, -0.2) is 0 Å². The highest BCUT2D eigenvalue weighted by molar-refractivity contribution is 6.37. The predicted octanol–water partition coefficient (Wildman–Crippen LogP) is 4.05. The van der Waals surface area contributed by atoms with Gasteiger partial charge in [0.2, 0.25) is 6.41 Å². The Labute approximate surface area is 202 Å². The van der Waals surface area contributed by atoms with Gasteiger partial charge in [-0.15, -0.1) is 0 Å². The molecule has 0 saturated heterocycles. The number of hydrogen-bond donors (Lipinski definition) is 2. The van der Waals surface area contributed by atoms with Gasteiger partial charge in [-0.2, -0.15) is 0 Å². The Kier molecular flexibility index (Phi) is 6.88. The summed E-state index contributed by atoms with van der Waals surface area (Å²) < 4.78 is 0. The molecule has 3 aromatic carbocycles. The van der Waals surface area contributed by atoms with E-state index in [1.807, 2.05) is 73.6 Å². The smallest absolute Gasteiger partial charge is 0.270 e. The third-order valence-corrected chi connectivity index (χ3v) is 5.65. The zero-order valence-electron chi connectivity index (χ0n) is 19.4. The fraction of sp³-hybridized carbons (Fsp3) is 0.154. The van der Waals surface area contributed by atoms with E-state index in [1.54, 1.807) is 4.90 Å². The minimum absolute atomic E-state index is 0.0961. The maximum Gasteiger partial charge on any atom is 0.270 e. The van der Waals surface area contributed by atoms with Crippen LogP contribution in [-0.4, -0.2) is 49.3 Å². The third-order valence-electron chi connectivity index (χ3n) is 5.65. The molecule has 0 atom stereocenters. The molecule has 0 spiro atoms. The summed E-state index contributed by atoms with van der Waals surface area (Å²) in [6, 6.07) is 20.9. The maximum absolute atomic E-state index is 13.0. The summed E-state index contributed by atoms with van der Waals surface area (Å²) in [5, 5.41) is 17.5. The summed E-state index contributed by atoms with van der Waals surface area (Å²) in [5.41, 5.74) is 3.93.